The molecule has 0 spiro atoms. The maximum absolute atomic E-state index is 13.2. The summed E-state index contributed by atoms with van der Waals surface area (Å²) in [5.74, 6) is -0.533. The molecule has 108 valence electrons. The topological polar surface area (TPSA) is 49.0 Å². The van der Waals surface area contributed by atoms with Gasteiger partial charge in [-0.1, -0.05) is 11.6 Å². The van der Waals surface area contributed by atoms with Gasteiger partial charge in [-0.2, -0.15) is 5.10 Å². The first-order valence-corrected chi connectivity index (χ1v) is 7.36. The molecule has 2 heterocycles. The van der Waals surface area contributed by atoms with E-state index in [1.54, 1.807) is 30.4 Å². The first kappa shape index (κ1) is 14.0. The van der Waals surface area contributed by atoms with Crippen LogP contribution in [0.2, 0.25) is 5.02 Å². The normalized spacial score (nSPS) is 11.0. The number of H-pyrrole nitrogens is 1. The van der Waals surface area contributed by atoms with Crippen molar-refractivity contribution in [2.45, 2.75) is 6.54 Å². The Bertz CT molecular complexity index is 800. The van der Waals surface area contributed by atoms with E-state index in [0.29, 0.717) is 26.5 Å². The predicted molar refractivity (Wildman–Crippen MR) is 81.2 cm³/mol. The van der Waals surface area contributed by atoms with Crippen LogP contribution in [-0.4, -0.2) is 28.1 Å². The number of rotatable bonds is 3. The Balaban J connectivity index is 1.92. The predicted octanol–water partition coefficient (Wildman–Crippen LogP) is 3.69. The molecule has 2 aromatic heterocycles. The summed E-state index contributed by atoms with van der Waals surface area (Å²) >= 11 is 7.45. The molecule has 0 radical (unpaired) electrons. The van der Waals surface area contributed by atoms with Crippen LogP contribution in [0.3, 0.4) is 0 Å². The monoisotopic (exact) mass is 323 g/mol. The molecule has 0 aliphatic heterocycles. The molecular weight excluding hydrogens is 313 g/mol. The summed E-state index contributed by atoms with van der Waals surface area (Å²) in [4.78, 5) is 14.4. The number of halogens is 2. The number of hydrogen-bond acceptors (Lipinski definition) is 3. The number of hydrogen-bond donors (Lipinski definition) is 1. The summed E-state index contributed by atoms with van der Waals surface area (Å²) in [5.41, 5.74) is 0.897. The van der Waals surface area contributed by atoms with Gasteiger partial charge >= 0.3 is 0 Å². The van der Waals surface area contributed by atoms with Gasteiger partial charge < -0.3 is 4.90 Å². The molecule has 0 unspecified atom stereocenters. The highest BCUT2D eigenvalue weighted by Gasteiger charge is 2.20. The van der Waals surface area contributed by atoms with Gasteiger partial charge in [0.2, 0.25) is 0 Å². The van der Waals surface area contributed by atoms with E-state index in [9.17, 15) is 9.18 Å². The fourth-order valence-corrected chi connectivity index (χ4v) is 3.59. The van der Waals surface area contributed by atoms with Gasteiger partial charge in [-0.25, -0.2) is 4.39 Å². The Morgan fingerprint density at radius 1 is 1.52 bits per heavy atom. The first-order valence-electron chi connectivity index (χ1n) is 6.17. The number of aromatic amines is 1. The molecule has 7 heteroatoms. The summed E-state index contributed by atoms with van der Waals surface area (Å²) in [6.45, 7) is 0.425. The minimum atomic E-state index is -0.342. The first-order chi connectivity index (χ1) is 10.1. The Morgan fingerprint density at radius 2 is 2.33 bits per heavy atom. The van der Waals surface area contributed by atoms with Crippen molar-refractivity contribution >= 4 is 38.9 Å². The van der Waals surface area contributed by atoms with Gasteiger partial charge in [0, 0.05) is 35.4 Å². The van der Waals surface area contributed by atoms with Crippen LogP contribution >= 0.6 is 22.9 Å². The van der Waals surface area contributed by atoms with Crippen LogP contribution < -0.4 is 0 Å². The second kappa shape index (κ2) is 5.46. The molecule has 21 heavy (non-hydrogen) atoms. The van der Waals surface area contributed by atoms with Gasteiger partial charge in [0.1, 0.15) is 10.7 Å². The van der Waals surface area contributed by atoms with E-state index in [0.717, 1.165) is 5.56 Å². The standard InChI is InChI=1S/C14H11ClFN3OS/c1-19(7-8-5-17-18-6-8)14(20)13-12(15)10-3-2-9(16)4-11(10)21-13/h2-6H,7H2,1H3,(H,17,18). The van der Waals surface area contributed by atoms with Crippen LogP contribution in [0.1, 0.15) is 15.2 Å². The highest BCUT2D eigenvalue weighted by atomic mass is 35.5. The number of fused-ring (bicyclic) bond motifs is 1. The van der Waals surface area contributed by atoms with E-state index in [4.69, 9.17) is 11.6 Å². The third-order valence-corrected chi connectivity index (χ3v) is 4.75. The summed E-state index contributed by atoms with van der Waals surface area (Å²) in [6, 6.07) is 4.32. The van der Waals surface area contributed by atoms with E-state index >= 15 is 0 Å². The largest absolute Gasteiger partial charge is 0.337 e. The van der Waals surface area contributed by atoms with Gasteiger partial charge in [-0.3, -0.25) is 9.89 Å². The molecule has 1 amide bonds. The van der Waals surface area contributed by atoms with E-state index in [1.807, 2.05) is 0 Å². The van der Waals surface area contributed by atoms with Crippen LogP contribution in [0.5, 0.6) is 0 Å². The van der Waals surface area contributed by atoms with Crippen LogP contribution in [0.25, 0.3) is 10.1 Å². The summed E-state index contributed by atoms with van der Waals surface area (Å²) in [7, 11) is 1.69. The van der Waals surface area contributed by atoms with Crippen molar-refractivity contribution < 1.29 is 9.18 Å². The molecule has 1 aromatic carbocycles. The van der Waals surface area contributed by atoms with Crippen molar-refractivity contribution in [3.8, 4) is 0 Å². The summed E-state index contributed by atoms with van der Waals surface area (Å²) < 4.78 is 13.9. The van der Waals surface area contributed by atoms with Gasteiger partial charge in [-0.05, 0) is 18.2 Å². The van der Waals surface area contributed by atoms with E-state index in [-0.39, 0.29) is 11.7 Å². The summed E-state index contributed by atoms with van der Waals surface area (Å²) in [6.07, 6.45) is 3.39. The average molecular weight is 324 g/mol. The zero-order valence-corrected chi connectivity index (χ0v) is 12.6. The van der Waals surface area contributed by atoms with Gasteiger partial charge in [0.05, 0.1) is 11.2 Å². The second-order valence-electron chi connectivity index (χ2n) is 4.65. The van der Waals surface area contributed by atoms with Crippen molar-refractivity contribution in [2.24, 2.45) is 0 Å². The number of nitrogens with zero attached hydrogens (tertiary/aromatic N) is 2. The number of benzene rings is 1. The quantitative estimate of drug-likeness (QED) is 0.799. The van der Waals surface area contributed by atoms with Crippen molar-refractivity contribution in [1.29, 1.82) is 0 Å². The molecule has 0 atom stereocenters. The molecule has 0 saturated heterocycles. The molecule has 4 nitrogen and oxygen atoms in total. The van der Waals surface area contributed by atoms with Crippen molar-refractivity contribution in [2.75, 3.05) is 7.05 Å². The van der Waals surface area contributed by atoms with Crippen LogP contribution in [-0.2, 0) is 6.54 Å². The molecule has 3 aromatic rings. The molecule has 0 fully saturated rings. The third kappa shape index (κ3) is 2.64. The van der Waals surface area contributed by atoms with E-state index in [1.165, 1.54) is 23.5 Å². The van der Waals surface area contributed by atoms with Gasteiger partial charge in [0.15, 0.2) is 0 Å². The minimum absolute atomic E-state index is 0.192. The van der Waals surface area contributed by atoms with Crippen LogP contribution in [0.15, 0.2) is 30.6 Å². The highest BCUT2D eigenvalue weighted by Crippen LogP contribution is 2.36. The summed E-state index contributed by atoms with van der Waals surface area (Å²) in [5, 5.41) is 7.61. The lowest BCUT2D eigenvalue weighted by molar-refractivity contribution is 0.0790. The number of carbonyl (C=O) groups excluding carboxylic acids is 1. The van der Waals surface area contributed by atoms with Crippen molar-refractivity contribution in [1.82, 2.24) is 15.1 Å². The van der Waals surface area contributed by atoms with Gasteiger partial charge in [0.25, 0.3) is 5.91 Å². The fourth-order valence-electron chi connectivity index (χ4n) is 2.06. The number of thiophene rings is 1. The van der Waals surface area contributed by atoms with E-state index in [2.05, 4.69) is 10.2 Å². The SMILES string of the molecule is CN(Cc1cn[nH]c1)C(=O)c1sc2cc(F)ccc2c1Cl. The maximum Gasteiger partial charge on any atom is 0.265 e. The molecule has 1 N–H and O–H groups in total. The lowest BCUT2D eigenvalue weighted by Crippen LogP contribution is -2.25. The molecule has 0 bridgehead atoms. The molecule has 0 aliphatic carbocycles. The molecule has 0 aliphatic rings. The molecule has 3 rings (SSSR count). The number of aromatic nitrogens is 2. The molecule has 0 saturated carbocycles. The Kier molecular flexibility index (Phi) is 3.65. The number of amides is 1. The smallest absolute Gasteiger partial charge is 0.265 e. The Labute approximate surface area is 129 Å². The number of carbonyl (C=O) groups is 1. The lowest BCUT2D eigenvalue weighted by Gasteiger charge is -2.15. The fraction of sp³-hybridized carbons (Fsp3) is 0.143. The second-order valence-corrected chi connectivity index (χ2v) is 6.08. The van der Waals surface area contributed by atoms with Crippen molar-refractivity contribution in [3.05, 3.63) is 51.9 Å². The third-order valence-electron chi connectivity index (χ3n) is 3.11. The Morgan fingerprint density at radius 3 is 3.05 bits per heavy atom. The van der Waals surface area contributed by atoms with Crippen LogP contribution in [0, 0.1) is 5.82 Å². The van der Waals surface area contributed by atoms with Gasteiger partial charge in [-0.15, -0.1) is 11.3 Å². The maximum atomic E-state index is 13.2. The minimum Gasteiger partial charge on any atom is -0.337 e. The Hall–Kier alpha value is -1.92. The number of nitrogens with one attached hydrogen (secondary N) is 1. The lowest BCUT2D eigenvalue weighted by atomic mass is 10.2. The zero-order valence-electron chi connectivity index (χ0n) is 11.1. The van der Waals surface area contributed by atoms with Crippen molar-refractivity contribution in [3.63, 3.8) is 0 Å². The average Bonchev–Trinajstić information content (AvgIpc) is 3.06. The van der Waals surface area contributed by atoms with E-state index < -0.39 is 0 Å². The molecular formula is C14H11ClFN3OS. The van der Waals surface area contributed by atoms with Crippen LogP contribution in [0.4, 0.5) is 4.39 Å². The zero-order chi connectivity index (χ0) is 15.0. The highest BCUT2D eigenvalue weighted by molar-refractivity contribution is 7.21.